The van der Waals surface area contributed by atoms with E-state index in [1.807, 2.05) is 31.2 Å². The summed E-state index contributed by atoms with van der Waals surface area (Å²) in [6, 6.07) is 7.84. The lowest BCUT2D eigenvalue weighted by Gasteiger charge is -2.03. The lowest BCUT2D eigenvalue weighted by atomic mass is 10.1. The summed E-state index contributed by atoms with van der Waals surface area (Å²) in [7, 11) is 1.65. The van der Waals surface area contributed by atoms with Crippen LogP contribution < -0.4 is 4.74 Å². The smallest absolute Gasteiger partial charge is 0.142 e. The standard InChI is InChI=1S/C14H12ClN3O/c1-8-11-13(15)16-7-17-14(11)18-12(8)9-3-5-10(19-2)6-4-9/h3-7H,1-2H3,(H,16,17,18). The Kier molecular flexibility index (Phi) is 2.87. The first-order valence-electron chi connectivity index (χ1n) is 5.84. The number of methoxy groups -OCH3 is 1. The third kappa shape index (κ3) is 1.94. The van der Waals surface area contributed by atoms with E-state index in [9.17, 15) is 0 Å². The molecule has 3 rings (SSSR count). The van der Waals surface area contributed by atoms with Crippen molar-refractivity contribution in [1.29, 1.82) is 0 Å². The maximum absolute atomic E-state index is 6.12. The number of halogens is 1. The van der Waals surface area contributed by atoms with Gasteiger partial charge in [-0.05, 0) is 42.3 Å². The van der Waals surface area contributed by atoms with Gasteiger partial charge in [-0.1, -0.05) is 11.6 Å². The monoisotopic (exact) mass is 273 g/mol. The second-order valence-corrected chi connectivity index (χ2v) is 4.60. The highest BCUT2D eigenvalue weighted by atomic mass is 35.5. The van der Waals surface area contributed by atoms with Crippen molar-refractivity contribution in [2.75, 3.05) is 7.11 Å². The number of rotatable bonds is 2. The van der Waals surface area contributed by atoms with Crippen LogP contribution in [0, 0.1) is 6.92 Å². The molecule has 4 nitrogen and oxygen atoms in total. The molecule has 5 heteroatoms. The molecule has 2 heterocycles. The molecule has 1 N–H and O–H groups in total. The quantitative estimate of drug-likeness (QED) is 0.726. The van der Waals surface area contributed by atoms with Crippen molar-refractivity contribution in [3.05, 3.63) is 41.3 Å². The van der Waals surface area contributed by atoms with E-state index in [1.165, 1.54) is 6.33 Å². The van der Waals surface area contributed by atoms with Crippen molar-refractivity contribution >= 4 is 22.6 Å². The van der Waals surface area contributed by atoms with Crippen LogP contribution in [0.15, 0.2) is 30.6 Å². The van der Waals surface area contributed by atoms with Crippen LogP contribution in [0.1, 0.15) is 5.56 Å². The minimum Gasteiger partial charge on any atom is -0.497 e. The van der Waals surface area contributed by atoms with Crippen LogP contribution in [-0.4, -0.2) is 22.1 Å². The second kappa shape index (κ2) is 4.55. The summed E-state index contributed by atoms with van der Waals surface area (Å²) in [5.74, 6) is 0.829. The maximum atomic E-state index is 6.12. The topological polar surface area (TPSA) is 50.8 Å². The molecular formula is C14H12ClN3O. The molecule has 0 fully saturated rings. The number of ether oxygens (including phenoxy) is 1. The van der Waals surface area contributed by atoms with Crippen LogP contribution in [0.25, 0.3) is 22.3 Å². The molecule has 0 bridgehead atoms. The summed E-state index contributed by atoms with van der Waals surface area (Å²) in [4.78, 5) is 11.5. The molecular weight excluding hydrogens is 262 g/mol. The Labute approximate surface area is 115 Å². The van der Waals surface area contributed by atoms with E-state index in [4.69, 9.17) is 16.3 Å². The molecule has 0 aliphatic carbocycles. The third-order valence-electron chi connectivity index (χ3n) is 3.17. The number of H-pyrrole nitrogens is 1. The van der Waals surface area contributed by atoms with Crippen molar-refractivity contribution in [3.8, 4) is 17.0 Å². The molecule has 0 saturated carbocycles. The fourth-order valence-corrected chi connectivity index (χ4v) is 2.45. The zero-order valence-electron chi connectivity index (χ0n) is 10.6. The summed E-state index contributed by atoms with van der Waals surface area (Å²) in [5, 5.41) is 1.34. The van der Waals surface area contributed by atoms with Gasteiger partial charge in [-0.3, -0.25) is 0 Å². The van der Waals surface area contributed by atoms with E-state index in [1.54, 1.807) is 7.11 Å². The highest BCUT2D eigenvalue weighted by molar-refractivity contribution is 6.34. The highest BCUT2D eigenvalue weighted by Crippen LogP contribution is 2.32. The number of aromatic nitrogens is 3. The zero-order chi connectivity index (χ0) is 13.4. The molecule has 0 radical (unpaired) electrons. The molecule has 0 spiro atoms. The molecule has 0 amide bonds. The van der Waals surface area contributed by atoms with Gasteiger partial charge in [0.1, 0.15) is 22.9 Å². The van der Waals surface area contributed by atoms with Gasteiger partial charge in [0, 0.05) is 0 Å². The van der Waals surface area contributed by atoms with E-state index in [0.29, 0.717) is 5.15 Å². The van der Waals surface area contributed by atoms with Crippen LogP contribution >= 0.6 is 11.6 Å². The Morgan fingerprint density at radius 3 is 2.53 bits per heavy atom. The second-order valence-electron chi connectivity index (χ2n) is 4.24. The van der Waals surface area contributed by atoms with Crippen LogP contribution in [0.2, 0.25) is 5.15 Å². The predicted molar refractivity (Wildman–Crippen MR) is 75.6 cm³/mol. The van der Waals surface area contributed by atoms with Crippen LogP contribution in [-0.2, 0) is 0 Å². The fourth-order valence-electron chi connectivity index (χ4n) is 2.17. The first kappa shape index (κ1) is 12.0. The summed E-state index contributed by atoms with van der Waals surface area (Å²) < 4.78 is 5.16. The molecule has 0 saturated heterocycles. The molecule has 0 atom stereocenters. The Morgan fingerprint density at radius 1 is 1.16 bits per heavy atom. The van der Waals surface area contributed by atoms with Gasteiger partial charge in [-0.15, -0.1) is 0 Å². The largest absolute Gasteiger partial charge is 0.497 e. The lowest BCUT2D eigenvalue weighted by Crippen LogP contribution is -1.84. The Balaban J connectivity index is 2.19. The SMILES string of the molecule is COc1ccc(-c2[nH]c3ncnc(Cl)c3c2C)cc1. The first-order valence-corrected chi connectivity index (χ1v) is 6.21. The summed E-state index contributed by atoms with van der Waals surface area (Å²) in [5.41, 5.74) is 3.86. The van der Waals surface area contributed by atoms with E-state index >= 15 is 0 Å². The summed E-state index contributed by atoms with van der Waals surface area (Å²) in [6.07, 6.45) is 1.46. The molecule has 96 valence electrons. The Hall–Kier alpha value is -2.07. The lowest BCUT2D eigenvalue weighted by molar-refractivity contribution is 0.415. The van der Waals surface area contributed by atoms with Gasteiger partial charge < -0.3 is 9.72 Å². The van der Waals surface area contributed by atoms with Crippen molar-refractivity contribution in [3.63, 3.8) is 0 Å². The molecule has 1 aromatic carbocycles. The number of fused-ring (bicyclic) bond motifs is 1. The Bertz CT molecular complexity index is 734. The number of aromatic amines is 1. The highest BCUT2D eigenvalue weighted by Gasteiger charge is 2.13. The van der Waals surface area contributed by atoms with Gasteiger partial charge in [0.15, 0.2) is 0 Å². The fraction of sp³-hybridized carbons (Fsp3) is 0.143. The van der Waals surface area contributed by atoms with Crippen LogP contribution in [0.5, 0.6) is 5.75 Å². The minimum atomic E-state index is 0.471. The number of benzene rings is 1. The average molecular weight is 274 g/mol. The maximum Gasteiger partial charge on any atom is 0.142 e. The molecule has 0 unspecified atom stereocenters. The normalized spacial score (nSPS) is 10.9. The number of aryl methyl sites for hydroxylation is 1. The van der Waals surface area contributed by atoms with Gasteiger partial charge in [0.25, 0.3) is 0 Å². The predicted octanol–water partition coefficient (Wildman–Crippen LogP) is 3.60. The Morgan fingerprint density at radius 2 is 1.89 bits per heavy atom. The molecule has 19 heavy (non-hydrogen) atoms. The van der Waals surface area contributed by atoms with Gasteiger partial charge in [-0.2, -0.15) is 0 Å². The van der Waals surface area contributed by atoms with E-state index < -0.39 is 0 Å². The summed E-state index contributed by atoms with van der Waals surface area (Å²) >= 11 is 6.12. The van der Waals surface area contributed by atoms with Crippen molar-refractivity contribution in [2.24, 2.45) is 0 Å². The minimum absolute atomic E-state index is 0.471. The molecule has 0 aliphatic rings. The average Bonchev–Trinajstić information content (AvgIpc) is 2.78. The third-order valence-corrected chi connectivity index (χ3v) is 3.46. The van der Waals surface area contributed by atoms with Gasteiger partial charge >= 0.3 is 0 Å². The van der Waals surface area contributed by atoms with E-state index in [2.05, 4.69) is 15.0 Å². The number of hydrogen-bond acceptors (Lipinski definition) is 3. The number of nitrogens with zero attached hydrogens (tertiary/aromatic N) is 2. The van der Waals surface area contributed by atoms with E-state index in [0.717, 1.165) is 33.6 Å². The van der Waals surface area contributed by atoms with Gasteiger partial charge in [-0.25, -0.2) is 9.97 Å². The van der Waals surface area contributed by atoms with E-state index in [-0.39, 0.29) is 0 Å². The van der Waals surface area contributed by atoms with Crippen molar-refractivity contribution in [2.45, 2.75) is 6.92 Å². The van der Waals surface area contributed by atoms with Crippen LogP contribution in [0.3, 0.4) is 0 Å². The van der Waals surface area contributed by atoms with Crippen molar-refractivity contribution in [1.82, 2.24) is 15.0 Å². The molecule has 3 aromatic rings. The first-order chi connectivity index (χ1) is 9.20. The molecule has 2 aromatic heterocycles. The van der Waals surface area contributed by atoms with Crippen molar-refractivity contribution < 1.29 is 4.74 Å². The number of hydrogen-bond donors (Lipinski definition) is 1. The number of nitrogens with one attached hydrogen (secondary N) is 1. The van der Waals surface area contributed by atoms with Gasteiger partial charge in [0.05, 0.1) is 18.2 Å². The molecule has 0 aliphatic heterocycles. The zero-order valence-corrected chi connectivity index (χ0v) is 11.3. The van der Waals surface area contributed by atoms with Crippen LogP contribution in [0.4, 0.5) is 0 Å². The van der Waals surface area contributed by atoms with Gasteiger partial charge in [0.2, 0.25) is 0 Å². The summed E-state index contributed by atoms with van der Waals surface area (Å²) in [6.45, 7) is 2.01.